The predicted molar refractivity (Wildman–Crippen MR) is 82.8 cm³/mol. The predicted octanol–water partition coefficient (Wildman–Crippen LogP) is 4.08. The van der Waals surface area contributed by atoms with Crippen molar-refractivity contribution < 1.29 is 4.74 Å². The summed E-state index contributed by atoms with van der Waals surface area (Å²) < 4.78 is 5.44. The minimum Gasteiger partial charge on any atom is -0.382 e. The Hall–Kier alpha value is -0.860. The molecule has 0 amide bonds. The minimum absolute atomic E-state index is 0.273. The van der Waals surface area contributed by atoms with Gasteiger partial charge >= 0.3 is 0 Å². The van der Waals surface area contributed by atoms with E-state index in [0.717, 1.165) is 19.4 Å². The lowest BCUT2D eigenvalue weighted by molar-refractivity contribution is 0.100. The summed E-state index contributed by atoms with van der Waals surface area (Å²) in [5, 5.41) is 3.66. The zero-order valence-electron chi connectivity index (χ0n) is 13.3. The third-order valence-corrected chi connectivity index (χ3v) is 3.87. The van der Waals surface area contributed by atoms with Gasteiger partial charge in [-0.1, -0.05) is 19.1 Å². The zero-order chi connectivity index (χ0) is 14.4. The maximum Gasteiger partial charge on any atom is 0.0561 e. The second-order valence-electron chi connectivity index (χ2n) is 5.58. The Morgan fingerprint density at radius 3 is 2.32 bits per heavy atom. The molecule has 1 rings (SSSR count). The largest absolute Gasteiger partial charge is 0.382 e. The average Bonchev–Trinajstić information content (AvgIpc) is 2.38. The molecule has 0 fully saturated rings. The second-order valence-corrected chi connectivity index (χ2v) is 5.58. The quantitative estimate of drug-likeness (QED) is 0.800. The summed E-state index contributed by atoms with van der Waals surface area (Å²) in [6.45, 7) is 12.0. The third kappa shape index (κ3) is 4.63. The van der Waals surface area contributed by atoms with Crippen LogP contribution in [0.4, 0.5) is 0 Å². The van der Waals surface area contributed by atoms with E-state index in [0.29, 0.717) is 6.04 Å². The maximum absolute atomic E-state index is 5.44. The van der Waals surface area contributed by atoms with Gasteiger partial charge in [-0.25, -0.2) is 0 Å². The summed E-state index contributed by atoms with van der Waals surface area (Å²) in [5.41, 5.74) is 5.53. The topological polar surface area (TPSA) is 21.3 Å². The van der Waals surface area contributed by atoms with Crippen LogP contribution < -0.4 is 5.32 Å². The first-order valence-corrected chi connectivity index (χ1v) is 7.33. The first-order chi connectivity index (χ1) is 8.99. The first kappa shape index (κ1) is 16.2. The Labute approximate surface area is 118 Å². The van der Waals surface area contributed by atoms with Crippen molar-refractivity contribution in [3.63, 3.8) is 0 Å². The van der Waals surface area contributed by atoms with Gasteiger partial charge in [0.2, 0.25) is 0 Å². The lowest BCUT2D eigenvalue weighted by Gasteiger charge is -2.24. The molecule has 0 saturated carbocycles. The van der Waals surface area contributed by atoms with Gasteiger partial charge in [-0.05, 0) is 69.3 Å². The molecule has 2 unspecified atom stereocenters. The van der Waals surface area contributed by atoms with Crippen molar-refractivity contribution >= 4 is 0 Å². The van der Waals surface area contributed by atoms with Gasteiger partial charge in [-0.2, -0.15) is 0 Å². The summed E-state index contributed by atoms with van der Waals surface area (Å²) in [6.07, 6.45) is 2.44. The summed E-state index contributed by atoms with van der Waals surface area (Å²) in [7, 11) is 1.79. The normalized spacial score (nSPS) is 14.4. The van der Waals surface area contributed by atoms with Crippen molar-refractivity contribution in [2.75, 3.05) is 13.7 Å². The number of benzene rings is 1. The number of methoxy groups -OCH3 is 1. The minimum atomic E-state index is 0.273. The smallest absolute Gasteiger partial charge is 0.0561 e. The van der Waals surface area contributed by atoms with Crippen molar-refractivity contribution in [3.05, 3.63) is 34.4 Å². The van der Waals surface area contributed by atoms with Gasteiger partial charge in [0.1, 0.15) is 0 Å². The number of nitrogens with one attached hydrogen (secondary N) is 1. The molecular weight excluding hydrogens is 234 g/mol. The Morgan fingerprint density at radius 1 is 1.11 bits per heavy atom. The fourth-order valence-corrected chi connectivity index (χ4v) is 2.43. The van der Waals surface area contributed by atoms with E-state index in [-0.39, 0.29) is 6.10 Å². The van der Waals surface area contributed by atoms with E-state index in [1.807, 2.05) is 0 Å². The van der Waals surface area contributed by atoms with Crippen LogP contribution in [0.3, 0.4) is 0 Å². The van der Waals surface area contributed by atoms with Crippen molar-refractivity contribution in [1.82, 2.24) is 5.32 Å². The molecule has 19 heavy (non-hydrogen) atoms. The van der Waals surface area contributed by atoms with Gasteiger partial charge in [-0.3, -0.25) is 0 Å². The highest BCUT2D eigenvalue weighted by molar-refractivity contribution is 5.38. The fourth-order valence-electron chi connectivity index (χ4n) is 2.43. The second kappa shape index (κ2) is 7.66. The standard InChI is InChI=1S/C17H29NO/c1-7-8-18-17(11-15(5)19-6)16-10-13(3)12(2)9-14(16)4/h9-10,15,17-18H,7-8,11H2,1-6H3. The zero-order valence-corrected chi connectivity index (χ0v) is 13.3. The van der Waals surface area contributed by atoms with Crippen LogP contribution in [0, 0.1) is 20.8 Å². The number of hydrogen-bond acceptors (Lipinski definition) is 2. The van der Waals surface area contributed by atoms with Crippen molar-refractivity contribution in [3.8, 4) is 0 Å². The Kier molecular flexibility index (Phi) is 6.53. The molecule has 0 radical (unpaired) electrons. The van der Waals surface area contributed by atoms with Crippen molar-refractivity contribution in [2.24, 2.45) is 0 Å². The summed E-state index contributed by atoms with van der Waals surface area (Å²) >= 11 is 0. The molecule has 1 aromatic carbocycles. The molecule has 0 heterocycles. The van der Waals surface area contributed by atoms with Gasteiger partial charge in [0.05, 0.1) is 6.10 Å². The number of rotatable bonds is 7. The molecule has 2 nitrogen and oxygen atoms in total. The Bertz CT molecular complexity index is 400. The molecule has 0 aliphatic rings. The average molecular weight is 263 g/mol. The first-order valence-electron chi connectivity index (χ1n) is 7.33. The summed E-state index contributed by atoms with van der Waals surface area (Å²) in [4.78, 5) is 0. The van der Waals surface area contributed by atoms with Crippen LogP contribution >= 0.6 is 0 Å². The van der Waals surface area contributed by atoms with Crippen molar-refractivity contribution in [2.45, 2.75) is 59.6 Å². The number of ether oxygens (including phenoxy) is 1. The van der Waals surface area contributed by atoms with Crippen LogP contribution in [0.5, 0.6) is 0 Å². The van der Waals surface area contributed by atoms with Gasteiger partial charge in [0.15, 0.2) is 0 Å². The Balaban J connectivity index is 2.98. The SMILES string of the molecule is CCCNC(CC(C)OC)c1cc(C)c(C)cc1C. The van der Waals surface area contributed by atoms with E-state index >= 15 is 0 Å². The lowest BCUT2D eigenvalue weighted by atomic mass is 9.93. The number of aryl methyl sites for hydroxylation is 3. The molecule has 0 saturated heterocycles. The van der Waals surface area contributed by atoms with Crippen molar-refractivity contribution in [1.29, 1.82) is 0 Å². The Morgan fingerprint density at radius 2 is 1.74 bits per heavy atom. The highest BCUT2D eigenvalue weighted by Gasteiger charge is 2.17. The molecule has 0 aliphatic carbocycles. The van der Waals surface area contributed by atoms with E-state index in [1.165, 1.54) is 22.3 Å². The van der Waals surface area contributed by atoms with E-state index in [1.54, 1.807) is 7.11 Å². The molecule has 2 atom stereocenters. The molecule has 1 N–H and O–H groups in total. The fraction of sp³-hybridized carbons (Fsp3) is 0.647. The van der Waals surface area contributed by atoms with Gasteiger partial charge in [0, 0.05) is 13.2 Å². The van der Waals surface area contributed by atoms with Crippen LogP contribution in [-0.4, -0.2) is 19.8 Å². The number of hydrogen-bond donors (Lipinski definition) is 1. The highest BCUT2D eigenvalue weighted by Crippen LogP contribution is 2.25. The molecule has 0 aromatic heterocycles. The monoisotopic (exact) mass is 263 g/mol. The molecule has 0 aliphatic heterocycles. The van der Waals surface area contributed by atoms with E-state index < -0.39 is 0 Å². The highest BCUT2D eigenvalue weighted by atomic mass is 16.5. The molecule has 108 valence electrons. The molecule has 0 spiro atoms. The van der Waals surface area contributed by atoms with Gasteiger partial charge < -0.3 is 10.1 Å². The molecule has 1 aromatic rings. The van der Waals surface area contributed by atoms with E-state index in [2.05, 4.69) is 52.1 Å². The van der Waals surface area contributed by atoms with E-state index in [4.69, 9.17) is 4.74 Å². The molecule has 0 bridgehead atoms. The maximum atomic E-state index is 5.44. The summed E-state index contributed by atoms with van der Waals surface area (Å²) in [6, 6.07) is 5.01. The van der Waals surface area contributed by atoms with Crippen LogP contribution in [0.1, 0.15) is 55.0 Å². The van der Waals surface area contributed by atoms with Gasteiger partial charge in [-0.15, -0.1) is 0 Å². The van der Waals surface area contributed by atoms with Gasteiger partial charge in [0.25, 0.3) is 0 Å². The van der Waals surface area contributed by atoms with E-state index in [9.17, 15) is 0 Å². The lowest BCUT2D eigenvalue weighted by Crippen LogP contribution is -2.26. The molecule has 2 heteroatoms. The van der Waals surface area contributed by atoms with Crippen LogP contribution in [0.25, 0.3) is 0 Å². The van der Waals surface area contributed by atoms with Crippen LogP contribution in [0.15, 0.2) is 12.1 Å². The van der Waals surface area contributed by atoms with Crippen LogP contribution in [0.2, 0.25) is 0 Å². The van der Waals surface area contributed by atoms with Crippen LogP contribution in [-0.2, 0) is 4.74 Å². The molecular formula is C17H29NO. The summed E-state index contributed by atoms with van der Waals surface area (Å²) in [5.74, 6) is 0. The third-order valence-electron chi connectivity index (χ3n) is 3.87.